The van der Waals surface area contributed by atoms with Crippen LogP contribution in [-0.4, -0.2) is 41.5 Å². The van der Waals surface area contributed by atoms with Crippen LogP contribution in [0.5, 0.6) is 0 Å². The summed E-state index contributed by atoms with van der Waals surface area (Å²) in [5.41, 5.74) is 0.124. The number of imidazole rings is 1. The van der Waals surface area contributed by atoms with Gasteiger partial charge in [0.25, 0.3) is 5.56 Å². The first-order valence-corrected chi connectivity index (χ1v) is 8.23. The van der Waals surface area contributed by atoms with Crippen molar-refractivity contribution in [2.75, 3.05) is 7.11 Å². The van der Waals surface area contributed by atoms with E-state index in [1.54, 1.807) is 31.2 Å². The Morgan fingerprint density at radius 3 is 2.64 bits per heavy atom. The SMILES string of the molecule is COC(=O)/C=C/c1nc2c(c(=O)n(C)c(=O)n2CC#Cc2cnn(C)c2)n1C. The molecule has 0 fully saturated rings. The molecule has 3 heterocycles. The molecule has 10 heteroatoms. The summed E-state index contributed by atoms with van der Waals surface area (Å²) in [6, 6.07) is 0. The minimum atomic E-state index is -0.556. The number of rotatable bonds is 3. The Labute approximate surface area is 159 Å². The van der Waals surface area contributed by atoms with Gasteiger partial charge in [-0.15, -0.1) is 0 Å². The molecule has 0 unspecified atom stereocenters. The van der Waals surface area contributed by atoms with Crippen LogP contribution in [0.15, 0.2) is 28.1 Å². The first-order chi connectivity index (χ1) is 13.3. The highest BCUT2D eigenvalue weighted by atomic mass is 16.5. The van der Waals surface area contributed by atoms with Crippen molar-refractivity contribution in [2.45, 2.75) is 6.54 Å². The van der Waals surface area contributed by atoms with Gasteiger partial charge >= 0.3 is 11.7 Å². The standard InChI is InChI=1S/C18H18N6O4/c1-21-11-12(10-19-21)6-5-9-24-16-15(17(26)23(3)18(24)27)22(2)13(20-16)7-8-14(25)28-4/h7-8,10-11H,9H2,1-4H3/b8-7+. The first kappa shape index (κ1) is 18.9. The number of fused-ring (bicyclic) bond motifs is 1. The van der Waals surface area contributed by atoms with Gasteiger partial charge in [0, 0.05) is 33.4 Å². The number of nitrogens with zero attached hydrogens (tertiary/aromatic N) is 6. The number of ether oxygens (including phenoxy) is 1. The topological polar surface area (TPSA) is 106 Å². The van der Waals surface area contributed by atoms with Crippen molar-refractivity contribution in [2.24, 2.45) is 21.1 Å². The van der Waals surface area contributed by atoms with Crippen LogP contribution >= 0.6 is 0 Å². The second-order valence-corrected chi connectivity index (χ2v) is 6.00. The van der Waals surface area contributed by atoms with E-state index >= 15 is 0 Å². The van der Waals surface area contributed by atoms with Gasteiger partial charge in [-0.3, -0.25) is 18.6 Å². The molecule has 0 saturated carbocycles. The van der Waals surface area contributed by atoms with Crippen LogP contribution in [0.25, 0.3) is 17.2 Å². The molecular weight excluding hydrogens is 364 g/mol. The van der Waals surface area contributed by atoms with Gasteiger partial charge in [-0.2, -0.15) is 5.10 Å². The number of hydrogen-bond donors (Lipinski definition) is 0. The van der Waals surface area contributed by atoms with E-state index in [9.17, 15) is 14.4 Å². The monoisotopic (exact) mass is 382 g/mol. The molecule has 10 nitrogen and oxygen atoms in total. The first-order valence-electron chi connectivity index (χ1n) is 8.23. The van der Waals surface area contributed by atoms with Crippen LogP contribution in [-0.2, 0) is 37.2 Å². The van der Waals surface area contributed by atoms with Crippen LogP contribution < -0.4 is 11.2 Å². The van der Waals surface area contributed by atoms with Crippen molar-refractivity contribution >= 4 is 23.2 Å². The summed E-state index contributed by atoms with van der Waals surface area (Å²) in [4.78, 5) is 40.8. The second-order valence-electron chi connectivity index (χ2n) is 6.00. The van der Waals surface area contributed by atoms with E-state index in [1.807, 2.05) is 0 Å². The average molecular weight is 382 g/mol. The van der Waals surface area contributed by atoms with Gasteiger partial charge < -0.3 is 9.30 Å². The molecule has 0 N–H and O–H groups in total. The molecule has 0 aliphatic rings. The molecule has 0 aliphatic heterocycles. The Morgan fingerprint density at radius 2 is 2.00 bits per heavy atom. The molecule has 3 aromatic heterocycles. The van der Waals surface area contributed by atoms with Crippen LogP contribution in [0.2, 0.25) is 0 Å². The number of hydrogen-bond acceptors (Lipinski definition) is 6. The van der Waals surface area contributed by atoms with Crippen LogP contribution in [0.1, 0.15) is 11.4 Å². The summed E-state index contributed by atoms with van der Waals surface area (Å²) in [5.74, 6) is 5.60. The van der Waals surface area contributed by atoms with Gasteiger partial charge in [0.05, 0.1) is 25.4 Å². The molecule has 0 aromatic carbocycles. The lowest BCUT2D eigenvalue weighted by Crippen LogP contribution is -2.38. The predicted octanol–water partition coefficient (Wildman–Crippen LogP) is -0.595. The molecule has 0 atom stereocenters. The molecule has 0 saturated heterocycles. The fourth-order valence-electron chi connectivity index (χ4n) is 2.65. The zero-order valence-electron chi connectivity index (χ0n) is 15.8. The molecule has 0 aliphatic carbocycles. The third-order valence-corrected chi connectivity index (χ3v) is 4.14. The van der Waals surface area contributed by atoms with Crippen molar-refractivity contribution in [3.05, 3.63) is 50.7 Å². The van der Waals surface area contributed by atoms with Crippen molar-refractivity contribution in [3.8, 4) is 11.8 Å². The fraction of sp³-hybridized carbons (Fsp3) is 0.278. The lowest BCUT2D eigenvalue weighted by atomic mass is 10.3. The molecule has 0 bridgehead atoms. The Bertz CT molecular complexity index is 1280. The van der Waals surface area contributed by atoms with Gasteiger partial charge in [0.2, 0.25) is 0 Å². The third-order valence-electron chi connectivity index (χ3n) is 4.14. The van der Waals surface area contributed by atoms with Crippen LogP contribution in [0.3, 0.4) is 0 Å². The Morgan fingerprint density at radius 1 is 1.25 bits per heavy atom. The quantitative estimate of drug-likeness (QED) is 0.340. The summed E-state index contributed by atoms with van der Waals surface area (Å²) >= 11 is 0. The number of aromatic nitrogens is 6. The number of esters is 1. The molecule has 0 amide bonds. The maximum Gasteiger partial charge on any atom is 0.333 e. The smallest absolute Gasteiger partial charge is 0.333 e. The van der Waals surface area contributed by atoms with E-state index in [4.69, 9.17) is 0 Å². The van der Waals surface area contributed by atoms with Crippen molar-refractivity contribution in [3.63, 3.8) is 0 Å². The van der Waals surface area contributed by atoms with Gasteiger partial charge in [-0.25, -0.2) is 14.6 Å². The average Bonchev–Trinajstić information content (AvgIpc) is 3.23. The van der Waals surface area contributed by atoms with Gasteiger partial charge in [0.15, 0.2) is 11.2 Å². The number of carbonyl (C=O) groups excluding carboxylic acids is 1. The lowest BCUT2D eigenvalue weighted by molar-refractivity contribution is -0.134. The number of carbonyl (C=O) groups is 1. The zero-order chi connectivity index (χ0) is 20.4. The molecule has 144 valence electrons. The highest BCUT2D eigenvalue weighted by molar-refractivity contribution is 5.87. The van der Waals surface area contributed by atoms with Gasteiger partial charge in [-0.05, 0) is 6.08 Å². The van der Waals surface area contributed by atoms with Crippen LogP contribution in [0.4, 0.5) is 0 Å². The van der Waals surface area contributed by atoms with Gasteiger partial charge in [0.1, 0.15) is 5.82 Å². The molecule has 3 aromatic rings. The number of aryl methyl sites for hydroxylation is 2. The zero-order valence-corrected chi connectivity index (χ0v) is 15.8. The van der Waals surface area contributed by atoms with E-state index < -0.39 is 17.2 Å². The van der Waals surface area contributed by atoms with E-state index in [-0.39, 0.29) is 17.7 Å². The fourth-order valence-corrected chi connectivity index (χ4v) is 2.65. The third kappa shape index (κ3) is 3.37. The van der Waals surface area contributed by atoms with Crippen molar-refractivity contribution in [1.82, 2.24) is 28.5 Å². The van der Waals surface area contributed by atoms with Crippen molar-refractivity contribution < 1.29 is 9.53 Å². The summed E-state index contributed by atoms with van der Waals surface area (Å²) in [6.07, 6.45) is 5.98. The summed E-state index contributed by atoms with van der Waals surface area (Å²) in [5, 5.41) is 4.03. The summed E-state index contributed by atoms with van der Waals surface area (Å²) in [7, 11) is 6.06. The number of methoxy groups -OCH3 is 1. The predicted molar refractivity (Wildman–Crippen MR) is 101 cm³/mol. The molecule has 0 spiro atoms. The van der Waals surface area contributed by atoms with Gasteiger partial charge in [-0.1, -0.05) is 11.8 Å². The Hall–Kier alpha value is -3.87. The van der Waals surface area contributed by atoms with Crippen molar-refractivity contribution in [1.29, 1.82) is 0 Å². The normalized spacial score (nSPS) is 11.0. The highest BCUT2D eigenvalue weighted by Crippen LogP contribution is 2.11. The second kappa shape index (κ2) is 7.40. The molecular formula is C18H18N6O4. The highest BCUT2D eigenvalue weighted by Gasteiger charge is 2.17. The maximum atomic E-state index is 12.6. The largest absolute Gasteiger partial charge is 0.466 e. The maximum absolute atomic E-state index is 12.6. The van der Waals surface area contributed by atoms with E-state index in [1.165, 1.54) is 35.4 Å². The molecule has 0 radical (unpaired) electrons. The Kier molecular flexibility index (Phi) is 5.00. The minimum absolute atomic E-state index is 0.0372. The molecule has 28 heavy (non-hydrogen) atoms. The van der Waals surface area contributed by atoms with E-state index in [0.717, 1.165) is 4.57 Å². The van der Waals surface area contributed by atoms with Crippen LogP contribution in [0, 0.1) is 11.8 Å². The summed E-state index contributed by atoms with van der Waals surface area (Å²) in [6.45, 7) is 0.0372. The minimum Gasteiger partial charge on any atom is -0.466 e. The summed E-state index contributed by atoms with van der Waals surface area (Å²) < 4.78 is 10.0. The van der Waals surface area contributed by atoms with E-state index in [0.29, 0.717) is 11.4 Å². The molecule has 3 rings (SSSR count). The Balaban J connectivity index is 2.13. The lowest BCUT2D eigenvalue weighted by Gasteiger charge is -2.05. The van der Waals surface area contributed by atoms with E-state index in [2.05, 4.69) is 26.7 Å².